The van der Waals surface area contributed by atoms with Crippen LogP contribution in [0.5, 0.6) is 0 Å². The topological polar surface area (TPSA) is 54.7 Å². The Morgan fingerprint density at radius 1 is 1.36 bits per heavy atom. The molecular weight excluding hydrogens is 174 g/mol. The van der Waals surface area contributed by atoms with Crippen LogP contribution in [-0.4, -0.2) is 9.97 Å². The lowest BCUT2D eigenvalue weighted by Gasteiger charge is -2.46. The van der Waals surface area contributed by atoms with Crippen LogP contribution in [0.4, 0.5) is 0 Å². The van der Waals surface area contributed by atoms with Crippen molar-refractivity contribution in [3.63, 3.8) is 0 Å². The lowest BCUT2D eigenvalue weighted by molar-refractivity contribution is 0.0905. The molecule has 1 aliphatic rings. The third kappa shape index (κ3) is 1.27. The number of aromatic nitrogens is 2. The molecule has 0 saturated heterocycles. The first-order chi connectivity index (χ1) is 6.56. The number of hydrogen-bond donors (Lipinski definition) is 2. The van der Waals surface area contributed by atoms with E-state index in [0.717, 1.165) is 12.2 Å². The lowest BCUT2D eigenvalue weighted by atomic mass is 9.63. The van der Waals surface area contributed by atoms with E-state index in [0.29, 0.717) is 0 Å². The van der Waals surface area contributed by atoms with Gasteiger partial charge in [-0.05, 0) is 18.3 Å². The zero-order valence-electron chi connectivity index (χ0n) is 9.01. The molecule has 3 nitrogen and oxygen atoms in total. The summed E-state index contributed by atoms with van der Waals surface area (Å²) in [6.07, 6.45) is 8.36. The first kappa shape index (κ1) is 9.71. The van der Waals surface area contributed by atoms with Crippen molar-refractivity contribution in [2.45, 2.75) is 45.1 Å². The van der Waals surface area contributed by atoms with Crippen molar-refractivity contribution in [2.75, 3.05) is 0 Å². The third-order valence-corrected chi connectivity index (χ3v) is 3.75. The van der Waals surface area contributed by atoms with Gasteiger partial charge in [-0.2, -0.15) is 0 Å². The van der Waals surface area contributed by atoms with Crippen molar-refractivity contribution in [3.8, 4) is 0 Å². The Balaban J connectivity index is 2.37. The second-order valence-electron chi connectivity index (χ2n) is 5.00. The van der Waals surface area contributed by atoms with Crippen LogP contribution in [0.15, 0.2) is 12.4 Å². The summed E-state index contributed by atoms with van der Waals surface area (Å²) in [6.45, 7) is 4.49. The summed E-state index contributed by atoms with van der Waals surface area (Å²) in [5.41, 5.74) is 6.38. The Labute approximate surface area is 85.1 Å². The normalized spacial score (nSPS) is 31.6. The molecule has 14 heavy (non-hydrogen) atoms. The molecule has 0 aromatic carbocycles. The average Bonchev–Trinajstić information content (AvgIpc) is 2.63. The summed E-state index contributed by atoms with van der Waals surface area (Å²) in [4.78, 5) is 7.49. The predicted molar refractivity (Wildman–Crippen MR) is 56.7 cm³/mol. The highest BCUT2D eigenvalue weighted by atomic mass is 15.0. The molecular formula is C11H19N3. The maximum atomic E-state index is 6.51. The first-order valence-electron chi connectivity index (χ1n) is 5.35. The van der Waals surface area contributed by atoms with Crippen LogP contribution in [0, 0.1) is 5.41 Å². The molecule has 1 aromatic rings. The van der Waals surface area contributed by atoms with E-state index in [4.69, 9.17) is 5.73 Å². The van der Waals surface area contributed by atoms with Crippen molar-refractivity contribution in [1.29, 1.82) is 0 Å². The molecule has 1 aliphatic carbocycles. The molecule has 0 unspecified atom stereocenters. The van der Waals surface area contributed by atoms with Crippen LogP contribution in [-0.2, 0) is 5.54 Å². The minimum Gasteiger partial charge on any atom is -0.347 e. The van der Waals surface area contributed by atoms with E-state index in [-0.39, 0.29) is 11.0 Å². The molecule has 0 spiro atoms. The fraction of sp³-hybridized carbons (Fsp3) is 0.727. The number of nitrogens with zero attached hydrogens (tertiary/aromatic N) is 1. The maximum absolute atomic E-state index is 6.51. The smallest absolute Gasteiger partial charge is 0.126 e. The van der Waals surface area contributed by atoms with Gasteiger partial charge >= 0.3 is 0 Å². The van der Waals surface area contributed by atoms with E-state index in [1.807, 2.05) is 6.20 Å². The van der Waals surface area contributed by atoms with Crippen LogP contribution >= 0.6 is 0 Å². The fourth-order valence-electron chi connectivity index (χ4n) is 2.48. The van der Waals surface area contributed by atoms with Gasteiger partial charge in [0.25, 0.3) is 0 Å². The molecule has 1 atom stereocenters. The predicted octanol–water partition coefficient (Wildman–Crippen LogP) is 2.16. The second kappa shape index (κ2) is 3.09. The minimum absolute atomic E-state index is 0.142. The summed E-state index contributed by atoms with van der Waals surface area (Å²) in [7, 11) is 0. The summed E-state index contributed by atoms with van der Waals surface area (Å²) >= 11 is 0. The first-order valence-corrected chi connectivity index (χ1v) is 5.35. The molecule has 0 bridgehead atoms. The largest absolute Gasteiger partial charge is 0.347 e. The highest BCUT2D eigenvalue weighted by Gasteiger charge is 2.46. The Kier molecular flexibility index (Phi) is 2.14. The van der Waals surface area contributed by atoms with E-state index in [1.54, 1.807) is 6.20 Å². The van der Waals surface area contributed by atoms with Gasteiger partial charge in [0, 0.05) is 12.4 Å². The van der Waals surface area contributed by atoms with Crippen LogP contribution in [0.3, 0.4) is 0 Å². The summed E-state index contributed by atoms with van der Waals surface area (Å²) in [5.74, 6) is 0.946. The van der Waals surface area contributed by atoms with E-state index < -0.39 is 0 Å². The Morgan fingerprint density at radius 3 is 2.64 bits per heavy atom. The van der Waals surface area contributed by atoms with Gasteiger partial charge in [-0.15, -0.1) is 0 Å². The Bertz CT molecular complexity index is 302. The number of hydrogen-bond acceptors (Lipinski definition) is 2. The molecule has 0 radical (unpaired) electrons. The van der Waals surface area contributed by atoms with Crippen molar-refractivity contribution in [1.82, 2.24) is 9.97 Å². The molecule has 0 amide bonds. The number of aromatic amines is 1. The molecule has 1 heterocycles. The van der Waals surface area contributed by atoms with Crippen molar-refractivity contribution >= 4 is 0 Å². The van der Waals surface area contributed by atoms with Crippen molar-refractivity contribution in [3.05, 3.63) is 18.2 Å². The molecule has 2 rings (SSSR count). The van der Waals surface area contributed by atoms with Gasteiger partial charge in [0.1, 0.15) is 5.82 Å². The van der Waals surface area contributed by atoms with Crippen LogP contribution in [0.25, 0.3) is 0 Å². The number of H-pyrrole nitrogens is 1. The van der Waals surface area contributed by atoms with E-state index in [2.05, 4.69) is 23.8 Å². The molecule has 78 valence electrons. The number of imidazole rings is 1. The van der Waals surface area contributed by atoms with Gasteiger partial charge in [-0.3, -0.25) is 0 Å². The van der Waals surface area contributed by atoms with Gasteiger partial charge in [0.05, 0.1) is 5.54 Å². The maximum Gasteiger partial charge on any atom is 0.126 e. The summed E-state index contributed by atoms with van der Waals surface area (Å²) in [5, 5.41) is 0. The molecule has 1 fully saturated rings. The SMILES string of the molecule is CC1(C)CCCC[C@@]1(N)c1ncc[nH]1. The van der Waals surface area contributed by atoms with Crippen molar-refractivity contribution in [2.24, 2.45) is 11.1 Å². The zero-order chi connectivity index (χ0) is 10.2. The average molecular weight is 193 g/mol. The standard InChI is InChI=1S/C11H19N3/c1-10(2)5-3-4-6-11(10,12)9-13-7-8-14-9/h7-8H,3-6,12H2,1-2H3,(H,13,14)/t11-/m1/s1. The van der Waals surface area contributed by atoms with Crippen LogP contribution in [0.1, 0.15) is 45.4 Å². The van der Waals surface area contributed by atoms with Crippen LogP contribution in [0.2, 0.25) is 0 Å². The minimum atomic E-state index is -0.269. The Morgan fingerprint density at radius 2 is 2.07 bits per heavy atom. The summed E-state index contributed by atoms with van der Waals surface area (Å²) < 4.78 is 0. The highest BCUT2D eigenvalue weighted by molar-refractivity contribution is 5.13. The Hall–Kier alpha value is -0.830. The molecule has 3 heteroatoms. The van der Waals surface area contributed by atoms with E-state index in [1.165, 1.54) is 19.3 Å². The van der Waals surface area contributed by atoms with Gasteiger partial charge in [0.2, 0.25) is 0 Å². The summed E-state index contributed by atoms with van der Waals surface area (Å²) in [6, 6.07) is 0. The monoisotopic (exact) mass is 193 g/mol. The third-order valence-electron chi connectivity index (χ3n) is 3.75. The van der Waals surface area contributed by atoms with Gasteiger partial charge in [0.15, 0.2) is 0 Å². The van der Waals surface area contributed by atoms with E-state index in [9.17, 15) is 0 Å². The number of rotatable bonds is 1. The zero-order valence-corrected chi connectivity index (χ0v) is 9.01. The van der Waals surface area contributed by atoms with Gasteiger partial charge in [-0.25, -0.2) is 4.98 Å². The van der Waals surface area contributed by atoms with Gasteiger partial charge in [-0.1, -0.05) is 26.7 Å². The van der Waals surface area contributed by atoms with Crippen molar-refractivity contribution < 1.29 is 0 Å². The molecule has 1 aromatic heterocycles. The molecule has 0 aliphatic heterocycles. The fourth-order valence-corrected chi connectivity index (χ4v) is 2.48. The molecule has 3 N–H and O–H groups in total. The van der Waals surface area contributed by atoms with E-state index >= 15 is 0 Å². The van der Waals surface area contributed by atoms with Crippen LogP contribution < -0.4 is 5.73 Å². The highest BCUT2D eigenvalue weighted by Crippen LogP contribution is 2.47. The van der Waals surface area contributed by atoms with Gasteiger partial charge < -0.3 is 10.7 Å². The quantitative estimate of drug-likeness (QED) is 0.718. The second-order valence-corrected chi connectivity index (χ2v) is 5.00. The lowest BCUT2D eigenvalue weighted by Crippen LogP contribution is -2.52. The number of nitrogens with two attached hydrogens (primary N) is 1. The molecule has 1 saturated carbocycles. The number of nitrogens with one attached hydrogen (secondary N) is 1.